The van der Waals surface area contributed by atoms with Gasteiger partial charge in [0.1, 0.15) is 12.4 Å². The van der Waals surface area contributed by atoms with Crippen LogP contribution in [-0.2, 0) is 16.8 Å². The third-order valence-corrected chi connectivity index (χ3v) is 6.62. The summed E-state index contributed by atoms with van der Waals surface area (Å²) in [4.78, 5) is 11.2. The van der Waals surface area contributed by atoms with Crippen molar-refractivity contribution in [3.8, 4) is 5.75 Å². The molecule has 0 spiro atoms. The highest BCUT2D eigenvalue weighted by Gasteiger charge is 2.49. The Hall–Kier alpha value is -2.29. The Bertz CT molecular complexity index is 757. The Kier molecular flexibility index (Phi) is 4.47. The third kappa shape index (κ3) is 3.35. The van der Waals surface area contributed by atoms with Gasteiger partial charge in [0.15, 0.2) is 0 Å². The summed E-state index contributed by atoms with van der Waals surface area (Å²) in [6.45, 7) is 0.582. The van der Waals surface area contributed by atoms with E-state index in [1.807, 2.05) is 24.3 Å². The van der Waals surface area contributed by atoms with Crippen LogP contribution in [0.25, 0.3) is 0 Å². The predicted octanol–water partition coefficient (Wildman–Crippen LogP) is 5.33. The summed E-state index contributed by atoms with van der Waals surface area (Å²) in [5.41, 5.74) is 2.80. The van der Waals surface area contributed by atoms with Gasteiger partial charge in [-0.15, -0.1) is 0 Å². The molecule has 2 bridgehead atoms. The van der Waals surface area contributed by atoms with Gasteiger partial charge in [-0.3, -0.25) is 4.79 Å². The monoisotopic (exact) mass is 350 g/mol. The van der Waals surface area contributed by atoms with Crippen LogP contribution in [0.2, 0.25) is 0 Å². The average Bonchev–Trinajstić information content (AvgIpc) is 2.68. The van der Waals surface area contributed by atoms with Gasteiger partial charge in [0.25, 0.3) is 0 Å². The number of benzene rings is 2. The maximum absolute atomic E-state index is 11.2. The number of aliphatic carboxylic acids is 1. The summed E-state index contributed by atoms with van der Waals surface area (Å²) in [6.07, 6.45) is 6.74. The van der Waals surface area contributed by atoms with Gasteiger partial charge in [-0.05, 0) is 72.6 Å². The van der Waals surface area contributed by atoms with E-state index in [0.29, 0.717) is 13.0 Å². The molecule has 0 radical (unpaired) electrons. The minimum atomic E-state index is -0.643. The molecule has 0 amide bonds. The molecule has 3 nitrogen and oxygen atoms in total. The van der Waals surface area contributed by atoms with Crippen molar-refractivity contribution in [3.63, 3.8) is 0 Å². The lowest BCUT2D eigenvalue weighted by Crippen LogP contribution is -2.45. The van der Waals surface area contributed by atoms with Crippen LogP contribution in [0.3, 0.4) is 0 Å². The van der Waals surface area contributed by atoms with Gasteiger partial charge in [0, 0.05) is 0 Å². The van der Waals surface area contributed by atoms with E-state index < -0.39 is 5.97 Å². The molecule has 2 aromatic carbocycles. The molecular weight excluding hydrogens is 324 g/mol. The summed E-state index contributed by atoms with van der Waals surface area (Å²) in [7, 11) is 0. The second-order valence-electron chi connectivity index (χ2n) is 8.15. The minimum absolute atomic E-state index is 0.0506. The summed E-state index contributed by atoms with van der Waals surface area (Å²) in [5.74, 6) is 0.282. The number of carboxylic acid groups (broad SMARTS) is 1. The smallest absolute Gasteiger partial charge is 0.303 e. The molecule has 0 heterocycles. The zero-order valence-corrected chi connectivity index (χ0v) is 15.1. The molecule has 0 aromatic heterocycles. The van der Waals surface area contributed by atoms with Gasteiger partial charge in [-0.25, -0.2) is 0 Å². The van der Waals surface area contributed by atoms with Crippen LogP contribution < -0.4 is 4.74 Å². The largest absolute Gasteiger partial charge is 0.489 e. The summed E-state index contributed by atoms with van der Waals surface area (Å²) in [6, 6.07) is 18.8. The maximum atomic E-state index is 11.2. The van der Waals surface area contributed by atoms with Crippen molar-refractivity contribution in [2.24, 2.45) is 5.41 Å². The fourth-order valence-corrected chi connectivity index (χ4v) is 4.94. The topological polar surface area (TPSA) is 46.5 Å². The molecule has 3 aliphatic carbocycles. The van der Waals surface area contributed by atoms with Gasteiger partial charge in [0.05, 0.1) is 6.42 Å². The van der Waals surface area contributed by atoms with Crippen LogP contribution in [0.1, 0.15) is 56.1 Å². The second kappa shape index (κ2) is 6.79. The molecule has 5 rings (SSSR count). The molecule has 0 aliphatic heterocycles. The SMILES string of the molecule is O=C(O)CC12CCC(c3cccc(OCc4ccccc4)c3)(CC1)CC2. The van der Waals surface area contributed by atoms with Crippen molar-refractivity contribution in [2.45, 2.75) is 57.0 Å². The van der Waals surface area contributed by atoms with Gasteiger partial charge >= 0.3 is 5.97 Å². The number of fused-ring (bicyclic) bond motifs is 3. The number of carbonyl (C=O) groups is 1. The van der Waals surface area contributed by atoms with E-state index in [4.69, 9.17) is 4.74 Å². The Labute approximate surface area is 155 Å². The van der Waals surface area contributed by atoms with Crippen molar-refractivity contribution in [1.29, 1.82) is 0 Å². The molecule has 1 N–H and O–H groups in total. The minimum Gasteiger partial charge on any atom is -0.489 e. The standard InChI is InChI=1S/C23H26O3/c24-21(25)16-22-9-12-23(13-10-22,14-11-22)19-7-4-8-20(15-19)26-17-18-5-2-1-3-6-18/h1-8,15H,9-14,16-17H2,(H,24,25). The number of carboxylic acids is 1. The van der Waals surface area contributed by atoms with Crippen molar-refractivity contribution in [1.82, 2.24) is 0 Å². The molecule has 0 unspecified atom stereocenters. The van der Waals surface area contributed by atoms with E-state index in [9.17, 15) is 9.90 Å². The molecule has 0 saturated heterocycles. The van der Waals surface area contributed by atoms with Gasteiger partial charge in [-0.1, -0.05) is 42.5 Å². The zero-order valence-electron chi connectivity index (χ0n) is 15.1. The predicted molar refractivity (Wildman–Crippen MR) is 101 cm³/mol. The zero-order chi connectivity index (χ0) is 18.0. The Morgan fingerprint density at radius 1 is 0.923 bits per heavy atom. The Morgan fingerprint density at radius 3 is 2.27 bits per heavy atom. The highest BCUT2D eigenvalue weighted by Crippen LogP contribution is 2.59. The summed E-state index contributed by atoms with van der Waals surface area (Å²) >= 11 is 0. The number of hydrogen-bond acceptors (Lipinski definition) is 2. The molecule has 2 aromatic rings. The lowest BCUT2D eigenvalue weighted by molar-refractivity contribution is -0.142. The first-order valence-corrected chi connectivity index (χ1v) is 9.58. The molecule has 136 valence electrons. The van der Waals surface area contributed by atoms with E-state index in [1.54, 1.807) is 0 Å². The van der Waals surface area contributed by atoms with Crippen molar-refractivity contribution in [2.75, 3.05) is 0 Å². The molecule has 3 fully saturated rings. The van der Waals surface area contributed by atoms with Crippen LogP contribution in [0.15, 0.2) is 54.6 Å². The second-order valence-corrected chi connectivity index (χ2v) is 8.15. The van der Waals surface area contributed by atoms with Gasteiger partial charge in [0.2, 0.25) is 0 Å². The van der Waals surface area contributed by atoms with Gasteiger partial charge in [-0.2, -0.15) is 0 Å². The lowest BCUT2D eigenvalue weighted by atomic mass is 9.51. The highest BCUT2D eigenvalue weighted by atomic mass is 16.5. The van der Waals surface area contributed by atoms with Gasteiger partial charge < -0.3 is 9.84 Å². The third-order valence-electron chi connectivity index (χ3n) is 6.62. The fraction of sp³-hybridized carbons (Fsp3) is 0.435. The van der Waals surface area contributed by atoms with Crippen LogP contribution in [0.4, 0.5) is 0 Å². The van der Waals surface area contributed by atoms with Crippen molar-refractivity contribution < 1.29 is 14.6 Å². The molecule has 0 atom stereocenters. The Balaban J connectivity index is 1.46. The Morgan fingerprint density at radius 2 is 1.62 bits per heavy atom. The van der Waals surface area contributed by atoms with E-state index in [2.05, 4.69) is 30.3 Å². The highest BCUT2D eigenvalue weighted by molar-refractivity contribution is 5.67. The number of rotatable bonds is 6. The van der Waals surface area contributed by atoms with Crippen LogP contribution in [0.5, 0.6) is 5.75 Å². The first-order valence-electron chi connectivity index (χ1n) is 9.58. The number of hydrogen-bond donors (Lipinski definition) is 1. The summed E-state index contributed by atoms with van der Waals surface area (Å²) < 4.78 is 6.02. The fourth-order valence-electron chi connectivity index (χ4n) is 4.94. The van der Waals surface area contributed by atoms with Crippen LogP contribution >= 0.6 is 0 Å². The molecular formula is C23H26O3. The number of ether oxygens (including phenoxy) is 1. The van der Waals surface area contributed by atoms with Crippen molar-refractivity contribution >= 4 is 5.97 Å². The van der Waals surface area contributed by atoms with E-state index in [1.165, 1.54) is 11.1 Å². The molecule has 3 heteroatoms. The molecule has 3 saturated carbocycles. The molecule has 3 aliphatic rings. The lowest BCUT2D eigenvalue weighted by Gasteiger charge is -2.53. The summed E-state index contributed by atoms with van der Waals surface area (Å²) in [5, 5.41) is 9.23. The molecule has 26 heavy (non-hydrogen) atoms. The average molecular weight is 350 g/mol. The maximum Gasteiger partial charge on any atom is 0.303 e. The van der Waals surface area contributed by atoms with Crippen LogP contribution in [-0.4, -0.2) is 11.1 Å². The first kappa shape index (κ1) is 17.1. The van der Waals surface area contributed by atoms with E-state index in [-0.39, 0.29) is 10.8 Å². The van der Waals surface area contributed by atoms with E-state index in [0.717, 1.165) is 44.3 Å². The van der Waals surface area contributed by atoms with Crippen LogP contribution in [0, 0.1) is 5.41 Å². The van der Waals surface area contributed by atoms with Crippen molar-refractivity contribution in [3.05, 3.63) is 65.7 Å². The van der Waals surface area contributed by atoms with E-state index >= 15 is 0 Å². The quantitative estimate of drug-likeness (QED) is 0.766. The normalized spacial score (nSPS) is 27.2. The first-order chi connectivity index (χ1) is 12.6.